The zero-order valence-electron chi connectivity index (χ0n) is 10.4. The van der Waals surface area contributed by atoms with E-state index in [2.05, 4.69) is 20.0 Å². The minimum absolute atomic E-state index is 0.110. The van der Waals surface area contributed by atoms with Crippen LogP contribution in [0.3, 0.4) is 0 Å². The third-order valence-corrected chi connectivity index (χ3v) is 3.76. The van der Waals surface area contributed by atoms with Gasteiger partial charge < -0.3 is 0 Å². The van der Waals surface area contributed by atoms with Crippen molar-refractivity contribution in [3.63, 3.8) is 0 Å². The Morgan fingerprint density at radius 3 is 2.67 bits per heavy atom. The molecule has 0 amide bonds. The van der Waals surface area contributed by atoms with Crippen LogP contribution >= 0.6 is 0 Å². The summed E-state index contributed by atoms with van der Waals surface area (Å²) in [6.45, 7) is 3.99. The van der Waals surface area contributed by atoms with Crippen LogP contribution in [0, 0.1) is 0 Å². The molecular weight excluding hydrogens is 254 g/mol. The van der Waals surface area contributed by atoms with Crippen molar-refractivity contribution < 1.29 is 8.42 Å². The first-order chi connectivity index (χ1) is 8.38. The van der Waals surface area contributed by atoms with Crippen molar-refractivity contribution in [2.75, 3.05) is 4.72 Å². The molecule has 0 fully saturated rings. The Balaban J connectivity index is 2.22. The van der Waals surface area contributed by atoms with Crippen LogP contribution in [0.5, 0.6) is 0 Å². The van der Waals surface area contributed by atoms with E-state index in [1.165, 1.54) is 17.1 Å². The molecule has 2 aromatic heterocycles. The van der Waals surface area contributed by atoms with Crippen LogP contribution in [-0.2, 0) is 17.1 Å². The van der Waals surface area contributed by atoms with Crippen LogP contribution in [-0.4, -0.2) is 28.4 Å². The number of sulfonamides is 1. The molecule has 0 aliphatic rings. The van der Waals surface area contributed by atoms with E-state index >= 15 is 0 Å². The molecule has 0 aliphatic carbocycles. The van der Waals surface area contributed by atoms with Crippen molar-refractivity contribution in [2.45, 2.75) is 24.7 Å². The van der Waals surface area contributed by atoms with Gasteiger partial charge in [0.25, 0.3) is 10.0 Å². The highest BCUT2D eigenvalue weighted by atomic mass is 32.2. The lowest BCUT2D eigenvalue weighted by molar-refractivity contribution is 0.601. The second-order valence-corrected chi connectivity index (χ2v) is 6.00. The summed E-state index contributed by atoms with van der Waals surface area (Å²) in [5.74, 6) is 0.539. The van der Waals surface area contributed by atoms with Crippen LogP contribution in [0.1, 0.15) is 25.5 Å². The van der Waals surface area contributed by atoms with E-state index in [4.69, 9.17) is 0 Å². The fourth-order valence-corrected chi connectivity index (χ4v) is 2.39. The highest BCUT2D eigenvalue weighted by Gasteiger charge is 2.17. The Bertz CT molecular complexity index is 641. The first-order valence-electron chi connectivity index (χ1n) is 5.45. The summed E-state index contributed by atoms with van der Waals surface area (Å²) < 4.78 is 27.8. The number of anilines is 1. The van der Waals surface area contributed by atoms with E-state index in [9.17, 15) is 8.42 Å². The maximum Gasteiger partial charge on any atom is 0.266 e. The predicted octanol–water partition coefficient (Wildman–Crippen LogP) is 1.07. The van der Waals surface area contributed by atoms with E-state index in [1.807, 2.05) is 13.8 Å². The van der Waals surface area contributed by atoms with Gasteiger partial charge in [-0.2, -0.15) is 10.2 Å². The maximum absolute atomic E-state index is 12.0. The minimum Gasteiger partial charge on any atom is -0.280 e. The molecule has 8 heteroatoms. The van der Waals surface area contributed by atoms with E-state index in [0.717, 1.165) is 5.69 Å². The summed E-state index contributed by atoms with van der Waals surface area (Å²) in [6, 6.07) is 1.68. The average Bonchev–Trinajstić information content (AvgIpc) is 2.86. The van der Waals surface area contributed by atoms with Gasteiger partial charge in [-0.1, -0.05) is 13.8 Å². The van der Waals surface area contributed by atoms with Crippen molar-refractivity contribution >= 4 is 15.8 Å². The lowest BCUT2D eigenvalue weighted by Gasteiger charge is -2.01. The number of hydrogen-bond donors (Lipinski definition) is 2. The fraction of sp³-hybridized carbons (Fsp3) is 0.400. The molecule has 98 valence electrons. The largest absolute Gasteiger partial charge is 0.280 e. The van der Waals surface area contributed by atoms with Crippen LogP contribution < -0.4 is 4.72 Å². The van der Waals surface area contributed by atoms with Crippen molar-refractivity contribution in [3.05, 3.63) is 24.2 Å². The molecule has 0 saturated heterocycles. The van der Waals surface area contributed by atoms with Gasteiger partial charge in [0, 0.05) is 25.0 Å². The van der Waals surface area contributed by atoms with Gasteiger partial charge in [-0.3, -0.25) is 14.5 Å². The Labute approximate surface area is 105 Å². The first-order valence-corrected chi connectivity index (χ1v) is 6.93. The standard InChI is InChI=1S/C10H15N5O2S/c1-7(2)9-4-10(13-12-9)14-18(16,17)8-5-11-15(3)6-8/h4-7H,1-3H3,(H2,12,13,14). The summed E-state index contributed by atoms with van der Waals surface area (Å²) in [5.41, 5.74) is 0.874. The van der Waals surface area contributed by atoms with Gasteiger partial charge in [0.15, 0.2) is 5.82 Å². The number of aromatic amines is 1. The van der Waals surface area contributed by atoms with Crippen molar-refractivity contribution in [1.29, 1.82) is 0 Å². The third-order valence-electron chi connectivity index (χ3n) is 2.45. The lowest BCUT2D eigenvalue weighted by atomic mass is 10.1. The number of aryl methyl sites for hydroxylation is 1. The van der Waals surface area contributed by atoms with Crippen LogP contribution in [0.4, 0.5) is 5.82 Å². The van der Waals surface area contributed by atoms with Gasteiger partial charge in [-0.05, 0) is 5.92 Å². The topological polar surface area (TPSA) is 92.7 Å². The molecule has 2 N–H and O–H groups in total. The van der Waals surface area contributed by atoms with Gasteiger partial charge in [-0.15, -0.1) is 0 Å². The zero-order valence-corrected chi connectivity index (χ0v) is 11.2. The number of aromatic nitrogens is 4. The van der Waals surface area contributed by atoms with Crippen LogP contribution in [0.15, 0.2) is 23.4 Å². The van der Waals surface area contributed by atoms with E-state index in [0.29, 0.717) is 0 Å². The van der Waals surface area contributed by atoms with Crippen LogP contribution in [0.25, 0.3) is 0 Å². The van der Waals surface area contributed by atoms with Crippen molar-refractivity contribution in [1.82, 2.24) is 20.0 Å². The number of H-pyrrole nitrogens is 1. The van der Waals surface area contributed by atoms with E-state index < -0.39 is 10.0 Å². The van der Waals surface area contributed by atoms with E-state index in [1.54, 1.807) is 13.1 Å². The van der Waals surface area contributed by atoms with Gasteiger partial charge in [0.05, 0.1) is 6.20 Å². The summed E-state index contributed by atoms with van der Waals surface area (Å²) in [5, 5.41) is 10.5. The van der Waals surface area contributed by atoms with Crippen LogP contribution in [0.2, 0.25) is 0 Å². The molecule has 2 rings (SSSR count). The smallest absolute Gasteiger partial charge is 0.266 e. The number of rotatable bonds is 4. The fourth-order valence-electron chi connectivity index (χ4n) is 1.42. The predicted molar refractivity (Wildman–Crippen MR) is 66.7 cm³/mol. The van der Waals surface area contributed by atoms with Gasteiger partial charge in [0.2, 0.25) is 0 Å². The molecule has 7 nitrogen and oxygen atoms in total. The second-order valence-electron chi connectivity index (χ2n) is 4.32. The van der Waals surface area contributed by atoms with Gasteiger partial charge >= 0.3 is 0 Å². The van der Waals surface area contributed by atoms with Crippen molar-refractivity contribution in [3.8, 4) is 0 Å². The molecule has 0 radical (unpaired) electrons. The molecular formula is C10H15N5O2S. The molecule has 0 bridgehead atoms. The lowest BCUT2D eigenvalue weighted by Crippen LogP contribution is -2.12. The minimum atomic E-state index is -3.62. The molecule has 0 saturated carbocycles. The molecule has 2 aromatic rings. The Morgan fingerprint density at radius 2 is 2.17 bits per heavy atom. The first kappa shape index (κ1) is 12.6. The number of nitrogens with one attached hydrogen (secondary N) is 2. The maximum atomic E-state index is 12.0. The normalized spacial score (nSPS) is 12.0. The van der Waals surface area contributed by atoms with Crippen molar-refractivity contribution in [2.24, 2.45) is 7.05 Å². The molecule has 0 atom stereocenters. The molecule has 18 heavy (non-hydrogen) atoms. The average molecular weight is 269 g/mol. The molecule has 0 spiro atoms. The monoisotopic (exact) mass is 269 g/mol. The summed E-state index contributed by atoms with van der Waals surface area (Å²) in [7, 11) is -1.96. The number of hydrogen-bond acceptors (Lipinski definition) is 4. The Kier molecular flexibility index (Phi) is 3.12. The SMILES string of the molecule is CC(C)c1cc(NS(=O)(=O)c2cnn(C)c2)n[nH]1. The number of nitrogens with zero attached hydrogens (tertiary/aromatic N) is 3. The molecule has 0 aliphatic heterocycles. The third kappa shape index (κ3) is 2.53. The quantitative estimate of drug-likeness (QED) is 0.868. The molecule has 0 aromatic carbocycles. The van der Waals surface area contributed by atoms with Gasteiger partial charge in [-0.25, -0.2) is 8.42 Å². The summed E-state index contributed by atoms with van der Waals surface area (Å²) in [6.07, 6.45) is 2.72. The highest BCUT2D eigenvalue weighted by Crippen LogP contribution is 2.17. The highest BCUT2D eigenvalue weighted by molar-refractivity contribution is 7.92. The molecule has 0 unspecified atom stereocenters. The summed E-state index contributed by atoms with van der Waals surface area (Å²) >= 11 is 0. The Hall–Kier alpha value is -1.83. The molecule has 2 heterocycles. The summed E-state index contributed by atoms with van der Waals surface area (Å²) in [4.78, 5) is 0.110. The second kappa shape index (κ2) is 4.45. The van der Waals surface area contributed by atoms with Gasteiger partial charge in [0.1, 0.15) is 4.90 Å². The Morgan fingerprint density at radius 1 is 1.44 bits per heavy atom. The van der Waals surface area contributed by atoms with E-state index in [-0.39, 0.29) is 16.6 Å². The zero-order chi connectivity index (χ0) is 13.3.